The zero-order valence-electron chi connectivity index (χ0n) is 18.8. The number of aliphatic hydroxyl groups excluding tert-OH is 2. The van der Waals surface area contributed by atoms with Gasteiger partial charge in [0.05, 0.1) is 52.9 Å². The van der Waals surface area contributed by atoms with Gasteiger partial charge < -0.3 is 29.2 Å². The lowest BCUT2D eigenvalue weighted by Gasteiger charge is -2.29. The molecule has 2 unspecified atom stereocenters. The molecule has 0 fully saturated rings. The molecule has 0 aromatic heterocycles. The molecule has 6 nitrogen and oxygen atoms in total. The van der Waals surface area contributed by atoms with Crippen LogP contribution in [0.5, 0.6) is 0 Å². The van der Waals surface area contributed by atoms with Gasteiger partial charge in [-0.1, -0.05) is 39.5 Å². The Morgan fingerprint density at radius 1 is 0.643 bits per heavy atom. The minimum atomic E-state index is -0.592. The molecule has 2 atom stereocenters. The Morgan fingerprint density at radius 2 is 1.00 bits per heavy atom. The van der Waals surface area contributed by atoms with E-state index in [1.165, 1.54) is 0 Å². The fourth-order valence-electron chi connectivity index (χ4n) is 3.10. The number of rotatable bonds is 16. The van der Waals surface area contributed by atoms with Gasteiger partial charge in [-0.15, -0.1) is 0 Å². The zero-order chi connectivity index (χ0) is 21.5. The Balaban J connectivity index is 5.05. The molecule has 0 heterocycles. The summed E-state index contributed by atoms with van der Waals surface area (Å²) in [5, 5.41) is 17.6. The van der Waals surface area contributed by atoms with Crippen molar-refractivity contribution >= 4 is 0 Å². The number of hydrogen-bond donors (Lipinski definition) is 2. The third-order valence-electron chi connectivity index (χ3n) is 3.95. The van der Waals surface area contributed by atoms with E-state index >= 15 is 0 Å². The van der Waals surface area contributed by atoms with Crippen molar-refractivity contribution < 1.29 is 29.2 Å². The SMILES string of the molecule is CC(C)CC(C)(C#CC(C)(CC(C)C)OCCOCCO)OCCOCCO. The van der Waals surface area contributed by atoms with Gasteiger partial charge in [0.25, 0.3) is 0 Å². The highest BCUT2D eigenvalue weighted by molar-refractivity contribution is 5.21. The van der Waals surface area contributed by atoms with Crippen LogP contribution in [0, 0.1) is 23.7 Å². The minimum absolute atomic E-state index is 0.00990. The molecule has 6 heteroatoms. The van der Waals surface area contributed by atoms with Crippen molar-refractivity contribution in [3.8, 4) is 11.8 Å². The molecule has 0 aliphatic heterocycles. The summed E-state index contributed by atoms with van der Waals surface area (Å²) in [7, 11) is 0. The van der Waals surface area contributed by atoms with E-state index in [1.807, 2.05) is 13.8 Å². The van der Waals surface area contributed by atoms with Gasteiger partial charge in [0.2, 0.25) is 0 Å². The van der Waals surface area contributed by atoms with Crippen molar-refractivity contribution in [3.05, 3.63) is 0 Å². The van der Waals surface area contributed by atoms with Crippen LogP contribution in [0.4, 0.5) is 0 Å². The average molecular weight is 403 g/mol. The standard InChI is InChI=1S/C22H42O6/c1-19(2)17-21(5,27-15-13-25-11-9-23)7-8-22(6,18-20(3)4)28-16-14-26-12-10-24/h19-20,23-24H,9-18H2,1-6H3. The van der Waals surface area contributed by atoms with Crippen LogP contribution in [-0.2, 0) is 18.9 Å². The van der Waals surface area contributed by atoms with E-state index in [0.29, 0.717) is 51.5 Å². The van der Waals surface area contributed by atoms with Crippen LogP contribution in [0.25, 0.3) is 0 Å². The highest BCUT2D eigenvalue weighted by atomic mass is 16.5. The third kappa shape index (κ3) is 14.3. The van der Waals surface area contributed by atoms with E-state index in [9.17, 15) is 0 Å². The summed E-state index contributed by atoms with van der Waals surface area (Å²) in [6.07, 6.45) is 1.61. The monoisotopic (exact) mass is 402 g/mol. The molecule has 0 rings (SSSR count). The van der Waals surface area contributed by atoms with Gasteiger partial charge in [-0.05, 0) is 38.5 Å². The summed E-state index contributed by atoms with van der Waals surface area (Å²) in [6, 6.07) is 0. The highest BCUT2D eigenvalue weighted by Gasteiger charge is 2.28. The average Bonchev–Trinajstić information content (AvgIpc) is 2.59. The molecule has 2 N–H and O–H groups in total. The van der Waals surface area contributed by atoms with E-state index in [4.69, 9.17) is 29.2 Å². The van der Waals surface area contributed by atoms with E-state index in [-0.39, 0.29) is 13.2 Å². The lowest BCUT2D eigenvalue weighted by Crippen LogP contribution is -2.34. The largest absolute Gasteiger partial charge is 0.394 e. The summed E-state index contributed by atoms with van der Waals surface area (Å²) in [6.45, 7) is 15.0. The molecule has 0 aromatic carbocycles. The van der Waals surface area contributed by atoms with Gasteiger partial charge in [0.1, 0.15) is 11.2 Å². The predicted octanol–water partition coefficient (Wildman–Crippen LogP) is 2.65. The van der Waals surface area contributed by atoms with E-state index in [2.05, 4.69) is 39.5 Å². The molecule has 0 aliphatic carbocycles. The van der Waals surface area contributed by atoms with Crippen LogP contribution in [0.1, 0.15) is 54.4 Å². The Bertz CT molecular complexity index is 404. The van der Waals surface area contributed by atoms with Crippen molar-refractivity contribution in [1.82, 2.24) is 0 Å². The Hall–Kier alpha value is -0.680. The smallest absolute Gasteiger partial charge is 0.126 e. The molecule has 0 bridgehead atoms. The first-order chi connectivity index (χ1) is 13.2. The van der Waals surface area contributed by atoms with Crippen LogP contribution < -0.4 is 0 Å². The second-order valence-corrected chi connectivity index (χ2v) is 8.28. The molecule has 0 saturated heterocycles. The van der Waals surface area contributed by atoms with Crippen LogP contribution in [0.3, 0.4) is 0 Å². The number of ether oxygens (including phenoxy) is 4. The van der Waals surface area contributed by atoms with Crippen LogP contribution in [-0.4, -0.2) is 74.3 Å². The first-order valence-corrected chi connectivity index (χ1v) is 10.4. The van der Waals surface area contributed by atoms with Gasteiger partial charge in [-0.2, -0.15) is 0 Å². The molecule has 0 aliphatic rings. The second kappa shape index (κ2) is 15.2. The maximum absolute atomic E-state index is 8.79. The maximum Gasteiger partial charge on any atom is 0.126 e. The van der Waals surface area contributed by atoms with Gasteiger partial charge in [0, 0.05) is 0 Å². The lowest BCUT2D eigenvalue weighted by atomic mass is 9.90. The Labute approximate surface area is 171 Å². The van der Waals surface area contributed by atoms with Crippen molar-refractivity contribution in [1.29, 1.82) is 0 Å². The van der Waals surface area contributed by atoms with Crippen molar-refractivity contribution in [2.75, 3.05) is 52.9 Å². The Kier molecular flexibility index (Phi) is 14.8. The summed E-state index contributed by atoms with van der Waals surface area (Å²) < 4.78 is 22.7. The van der Waals surface area contributed by atoms with Gasteiger partial charge >= 0.3 is 0 Å². The molecular weight excluding hydrogens is 360 g/mol. The van der Waals surface area contributed by atoms with Crippen molar-refractivity contribution in [3.63, 3.8) is 0 Å². The summed E-state index contributed by atoms with van der Waals surface area (Å²) >= 11 is 0. The third-order valence-corrected chi connectivity index (χ3v) is 3.95. The molecule has 0 radical (unpaired) electrons. The lowest BCUT2D eigenvalue weighted by molar-refractivity contribution is -0.0425. The van der Waals surface area contributed by atoms with Crippen LogP contribution in [0.2, 0.25) is 0 Å². The Morgan fingerprint density at radius 3 is 1.29 bits per heavy atom. The van der Waals surface area contributed by atoms with Crippen LogP contribution in [0.15, 0.2) is 0 Å². The first kappa shape index (κ1) is 27.3. The van der Waals surface area contributed by atoms with Gasteiger partial charge in [-0.3, -0.25) is 0 Å². The molecule has 0 saturated carbocycles. The quantitative estimate of drug-likeness (QED) is 0.305. The molecule has 0 aromatic rings. The number of hydrogen-bond acceptors (Lipinski definition) is 6. The minimum Gasteiger partial charge on any atom is -0.394 e. The fourth-order valence-corrected chi connectivity index (χ4v) is 3.10. The van der Waals surface area contributed by atoms with Gasteiger partial charge in [0.15, 0.2) is 0 Å². The molecular formula is C22H42O6. The topological polar surface area (TPSA) is 77.4 Å². The zero-order valence-corrected chi connectivity index (χ0v) is 18.8. The summed E-state index contributed by atoms with van der Waals surface area (Å²) in [5.41, 5.74) is -1.18. The van der Waals surface area contributed by atoms with E-state index in [0.717, 1.165) is 12.8 Å². The summed E-state index contributed by atoms with van der Waals surface area (Å²) in [5.74, 6) is 7.53. The molecule has 0 spiro atoms. The maximum atomic E-state index is 8.79. The highest BCUT2D eigenvalue weighted by Crippen LogP contribution is 2.24. The van der Waals surface area contributed by atoms with E-state index < -0.39 is 11.2 Å². The normalized spacial score (nSPS) is 15.9. The number of aliphatic hydroxyl groups is 2. The molecule has 0 amide bonds. The van der Waals surface area contributed by atoms with Crippen molar-refractivity contribution in [2.45, 2.75) is 65.6 Å². The predicted molar refractivity (Wildman–Crippen MR) is 111 cm³/mol. The van der Waals surface area contributed by atoms with E-state index in [1.54, 1.807) is 0 Å². The molecule has 28 heavy (non-hydrogen) atoms. The molecule has 166 valence electrons. The summed E-state index contributed by atoms with van der Waals surface area (Å²) in [4.78, 5) is 0. The van der Waals surface area contributed by atoms with Gasteiger partial charge in [-0.25, -0.2) is 0 Å². The van der Waals surface area contributed by atoms with Crippen molar-refractivity contribution in [2.24, 2.45) is 11.8 Å². The first-order valence-electron chi connectivity index (χ1n) is 10.4. The van der Waals surface area contributed by atoms with Crippen LogP contribution >= 0.6 is 0 Å². The second-order valence-electron chi connectivity index (χ2n) is 8.28. The fraction of sp³-hybridized carbons (Fsp3) is 0.909.